The number of unbranched alkanes of at least 4 members (excludes halogenated alkanes) is 2. The van der Waals surface area contributed by atoms with E-state index in [1.54, 1.807) is 42.5 Å². The molecule has 368 valence electrons. The van der Waals surface area contributed by atoms with E-state index in [4.69, 9.17) is 23.7 Å². The number of carbonyl (C=O) groups is 6. The molecule has 0 heterocycles. The monoisotopic (exact) mass is 946 g/mol. The number of carbonyl (C=O) groups excluding carboxylic acids is 6. The number of aryl methyl sites for hydroxylation is 1. The Bertz CT molecular complexity index is 2240. The fourth-order valence-electron chi connectivity index (χ4n) is 7.81. The fourth-order valence-corrected chi connectivity index (χ4v) is 7.81. The van der Waals surface area contributed by atoms with Crippen LogP contribution >= 0.6 is 0 Å². The summed E-state index contributed by atoms with van der Waals surface area (Å²) < 4.78 is 69.0. The van der Waals surface area contributed by atoms with E-state index in [1.165, 1.54) is 45.6 Å². The quantitative estimate of drug-likeness (QED) is 0.0246. The molecular weight excluding hydrogens is 883 g/mol. The Kier molecular flexibility index (Phi) is 21.4. The molecule has 3 aromatic rings. The van der Waals surface area contributed by atoms with E-state index in [-0.39, 0.29) is 47.5 Å². The average molecular weight is 947 g/mol. The van der Waals surface area contributed by atoms with Gasteiger partial charge in [0.25, 0.3) is 0 Å². The molecule has 0 aromatic heterocycles. The second-order valence-electron chi connectivity index (χ2n) is 17.5. The van der Waals surface area contributed by atoms with Gasteiger partial charge in [0.2, 0.25) is 0 Å². The van der Waals surface area contributed by atoms with E-state index >= 15 is 8.78 Å². The van der Waals surface area contributed by atoms with Crippen molar-refractivity contribution in [2.45, 2.75) is 104 Å². The minimum Gasteiger partial charge on any atom is -0.492 e. The molecule has 68 heavy (non-hydrogen) atoms. The number of rotatable bonds is 26. The fraction of sp³-hybridized carbons (Fsp3) is 0.472. The van der Waals surface area contributed by atoms with Crippen molar-refractivity contribution in [3.8, 4) is 28.0 Å². The molecule has 0 saturated heterocycles. The molecule has 0 atom stereocenters. The van der Waals surface area contributed by atoms with Gasteiger partial charge in [0, 0.05) is 22.3 Å². The lowest BCUT2D eigenvalue weighted by Crippen LogP contribution is -2.44. The second-order valence-corrected chi connectivity index (χ2v) is 17.5. The lowest BCUT2D eigenvalue weighted by atomic mass is 9.77. The normalized spacial score (nSPS) is 14.5. The van der Waals surface area contributed by atoms with Crippen LogP contribution in [0.3, 0.4) is 0 Å². The third-order valence-electron chi connectivity index (χ3n) is 11.9. The minimum absolute atomic E-state index is 0.00380. The van der Waals surface area contributed by atoms with Crippen LogP contribution in [0.5, 0.6) is 5.75 Å². The Balaban J connectivity index is 1.64. The van der Waals surface area contributed by atoms with Crippen LogP contribution in [0.15, 0.2) is 78.9 Å². The number of methoxy groups -OCH3 is 2. The van der Waals surface area contributed by atoms with Crippen molar-refractivity contribution in [3.63, 3.8) is 0 Å². The van der Waals surface area contributed by atoms with Gasteiger partial charge in [-0.05, 0) is 111 Å². The van der Waals surface area contributed by atoms with E-state index in [2.05, 4.69) is 29.6 Å². The molecular formula is C53H64F2O13. The Morgan fingerprint density at radius 2 is 1.18 bits per heavy atom. The highest BCUT2D eigenvalue weighted by Crippen LogP contribution is 2.40. The zero-order valence-corrected chi connectivity index (χ0v) is 39.8. The van der Waals surface area contributed by atoms with E-state index < -0.39 is 92.1 Å². The third-order valence-corrected chi connectivity index (χ3v) is 11.9. The summed E-state index contributed by atoms with van der Waals surface area (Å²) in [7, 11) is 2.17. The number of esters is 6. The number of hydrogen-bond acceptors (Lipinski definition) is 13. The maximum Gasteiger partial charge on any atom is 0.333 e. The van der Waals surface area contributed by atoms with Gasteiger partial charge in [0.15, 0.2) is 0 Å². The first kappa shape index (κ1) is 54.2. The van der Waals surface area contributed by atoms with Gasteiger partial charge in [-0.25, -0.2) is 18.4 Å². The molecule has 13 nitrogen and oxygen atoms in total. The maximum absolute atomic E-state index is 16.2. The molecule has 0 amide bonds. The predicted octanol–water partition coefficient (Wildman–Crippen LogP) is 9.90. The summed E-state index contributed by atoms with van der Waals surface area (Å²) in [5, 5.41) is 0. The largest absolute Gasteiger partial charge is 0.492 e. The molecule has 0 N–H and O–H groups in total. The van der Waals surface area contributed by atoms with Crippen LogP contribution < -0.4 is 4.74 Å². The molecule has 0 spiro atoms. The number of benzene rings is 3. The Morgan fingerprint density at radius 1 is 0.632 bits per heavy atom. The topological polar surface area (TPSA) is 167 Å². The van der Waals surface area contributed by atoms with Crippen LogP contribution in [0.1, 0.15) is 108 Å². The van der Waals surface area contributed by atoms with Gasteiger partial charge in [-0.3, -0.25) is 19.2 Å². The lowest BCUT2D eigenvalue weighted by Gasteiger charge is -2.32. The van der Waals surface area contributed by atoms with Crippen LogP contribution in [0.2, 0.25) is 0 Å². The first-order valence-corrected chi connectivity index (χ1v) is 22.9. The van der Waals surface area contributed by atoms with Crippen molar-refractivity contribution in [1.29, 1.82) is 0 Å². The molecule has 1 aliphatic carbocycles. The lowest BCUT2D eigenvalue weighted by molar-refractivity contribution is -0.165. The second kappa shape index (κ2) is 26.8. The van der Waals surface area contributed by atoms with Gasteiger partial charge in [-0.2, -0.15) is 0 Å². The van der Waals surface area contributed by atoms with Gasteiger partial charge in [-0.1, -0.05) is 76.1 Å². The summed E-state index contributed by atoms with van der Waals surface area (Å²) in [4.78, 5) is 73.8. The van der Waals surface area contributed by atoms with Crippen molar-refractivity contribution in [2.75, 3.05) is 47.3 Å². The Hall–Kier alpha value is -6.38. The first-order valence-electron chi connectivity index (χ1n) is 22.9. The van der Waals surface area contributed by atoms with Gasteiger partial charge >= 0.3 is 35.8 Å². The molecule has 3 aromatic carbocycles. The molecule has 0 radical (unpaired) electrons. The number of halogens is 2. The van der Waals surface area contributed by atoms with E-state index in [1.807, 2.05) is 6.07 Å². The molecule has 15 heteroatoms. The predicted molar refractivity (Wildman–Crippen MR) is 249 cm³/mol. The first-order chi connectivity index (χ1) is 32.5. The third kappa shape index (κ3) is 16.7. The summed E-state index contributed by atoms with van der Waals surface area (Å²) in [5.74, 6) is -4.99. The van der Waals surface area contributed by atoms with E-state index in [0.717, 1.165) is 51.4 Å². The maximum atomic E-state index is 16.2. The molecule has 1 aliphatic rings. The standard InChI is InChI=1S/C53H64F2O13/c1-8-9-10-12-36-14-16-37(17-15-36)38-18-21-43(44(54)26-38)40-19-22-42(45(55)27-40)39-20-23-46(41(25-39)13-11-24-64-51(60)34(2)3)65-30-53(33-68-52(61)35(4)5,31-66-49(58)28-47(56)62-6)32-67-50(59)29-48(57)63-7/h18-23,25-27,36-37H,2,4,8-17,24,28-33H2,1,3,5-7H3. The molecule has 1 saturated carbocycles. The van der Waals surface area contributed by atoms with Gasteiger partial charge in [0.05, 0.1) is 20.8 Å². The Labute approximate surface area is 397 Å². The smallest absolute Gasteiger partial charge is 0.333 e. The van der Waals surface area contributed by atoms with Gasteiger partial charge < -0.3 is 33.2 Å². The van der Waals surface area contributed by atoms with Crippen LogP contribution in [0.4, 0.5) is 8.78 Å². The molecule has 0 aliphatic heterocycles. The van der Waals surface area contributed by atoms with Crippen molar-refractivity contribution < 1.29 is 70.7 Å². The van der Waals surface area contributed by atoms with Gasteiger partial charge in [0.1, 0.15) is 62.1 Å². The van der Waals surface area contributed by atoms with E-state index in [9.17, 15) is 28.8 Å². The summed E-state index contributed by atoms with van der Waals surface area (Å²) in [6.07, 6.45) is 8.29. The number of hydrogen-bond donors (Lipinski definition) is 0. The van der Waals surface area contributed by atoms with Crippen LogP contribution in [-0.2, 0) is 63.6 Å². The van der Waals surface area contributed by atoms with Gasteiger partial charge in [-0.15, -0.1) is 0 Å². The molecule has 0 bridgehead atoms. The van der Waals surface area contributed by atoms with Crippen molar-refractivity contribution in [3.05, 3.63) is 102 Å². The van der Waals surface area contributed by atoms with Crippen LogP contribution in [0.25, 0.3) is 22.3 Å². The highest BCUT2D eigenvalue weighted by atomic mass is 19.1. The van der Waals surface area contributed by atoms with Crippen molar-refractivity contribution in [2.24, 2.45) is 11.3 Å². The zero-order chi connectivity index (χ0) is 49.8. The molecule has 4 rings (SSSR count). The number of ether oxygens (including phenoxy) is 7. The highest BCUT2D eigenvalue weighted by molar-refractivity contribution is 5.92. The SMILES string of the molecule is C=C(C)C(=O)OCCCc1cc(-c2ccc(-c3ccc(C4CCC(CCCCC)CC4)cc3F)cc2F)ccc1OCC(COC(=O)CC(=O)OC)(COC(=O)CC(=O)OC)COC(=O)C(=C)C. The summed E-state index contributed by atoms with van der Waals surface area (Å²) >= 11 is 0. The van der Waals surface area contributed by atoms with Crippen molar-refractivity contribution >= 4 is 35.8 Å². The Morgan fingerprint density at radius 3 is 1.74 bits per heavy atom. The summed E-state index contributed by atoms with van der Waals surface area (Å²) in [6, 6.07) is 14.6. The zero-order valence-electron chi connectivity index (χ0n) is 39.8. The summed E-state index contributed by atoms with van der Waals surface area (Å²) in [6.45, 7) is 10.0. The molecule has 1 fully saturated rings. The molecule has 0 unspecified atom stereocenters. The van der Waals surface area contributed by atoms with Crippen LogP contribution in [-0.4, -0.2) is 83.1 Å². The highest BCUT2D eigenvalue weighted by Gasteiger charge is 2.38. The van der Waals surface area contributed by atoms with Crippen molar-refractivity contribution in [1.82, 2.24) is 0 Å². The minimum atomic E-state index is -1.65. The van der Waals surface area contributed by atoms with Crippen LogP contribution in [0, 0.1) is 23.0 Å². The average Bonchev–Trinajstić information content (AvgIpc) is 3.32. The summed E-state index contributed by atoms with van der Waals surface area (Å²) in [5.41, 5.74) is 1.35. The van der Waals surface area contributed by atoms with E-state index in [0.29, 0.717) is 22.6 Å².